The van der Waals surface area contributed by atoms with Crippen molar-refractivity contribution in [2.24, 2.45) is 0 Å². The molecule has 4 aliphatic heterocycles. The Balaban J connectivity index is 1.16. The Morgan fingerprint density at radius 1 is 0.377 bits per heavy atom. The minimum Gasteiger partial charge on any atom is -0.387 e. The number of aliphatic hydroxyl groups excluding tert-OH is 12. The van der Waals surface area contributed by atoms with Gasteiger partial charge in [-0.05, 0) is 0 Å². The Morgan fingerprint density at radius 3 is 0.753 bits per heavy atom. The molecule has 39 nitrogen and oxygen atoms in total. The molecule has 0 aliphatic carbocycles. The maximum absolute atomic E-state index is 15.0. The number of rotatable bonds is 18. The lowest BCUT2D eigenvalue weighted by Gasteiger charge is -2.32. The van der Waals surface area contributed by atoms with E-state index in [9.17, 15) is 99.6 Å². The maximum atomic E-state index is 15.0. The number of hydrogen-bond acceptors (Lipinski definition) is 31. The Bertz CT molecular complexity index is 2970. The molecule has 0 spiro atoms. The minimum atomic E-state index is -6.72. The number of aliphatic hydroxyl groups is 12. The molecule has 8 rings (SSSR count). The Morgan fingerprint density at radius 2 is 0.571 bits per heavy atom. The lowest BCUT2D eigenvalue weighted by Crippen LogP contribution is -2.42. The van der Waals surface area contributed by atoms with Gasteiger partial charge in [-0.2, -0.15) is 4.31 Å². The average Bonchev–Trinajstić information content (AvgIpc) is 4.04. The van der Waals surface area contributed by atoms with E-state index < -0.39 is 184 Å². The molecule has 424 valence electrons. The average molecular weight is 1150 g/mol. The Hall–Kier alpha value is -5.66. The highest BCUT2D eigenvalue weighted by molar-refractivity contribution is 7.62. The van der Waals surface area contributed by atoms with Gasteiger partial charge in [0.1, 0.15) is 73.2 Å². The van der Waals surface area contributed by atoms with Crippen LogP contribution < -0.4 is 45.0 Å². The fraction of sp³-hybridized carbons (Fsp3) is 0.556. The number of H-pyrrole nitrogens is 4. The van der Waals surface area contributed by atoms with Crippen molar-refractivity contribution in [2.45, 2.75) is 123 Å². The lowest BCUT2D eigenvalue weighted by molar-refractivity contribution is -0.195. The fourth-order valence-electron chi connectivity index (χ4n) is 8.13. The third-order valence-corrected chi connectivity index (χ3v) is 15.4. The van der Waals surface area contributed by atoms with E-state index >= 15 is 9.13 Å². The molecular formula is C36H44N8O31P2. The summed E-state index contributed by atoms with van der Waals surface area (Å²) in [5.74, 6) is 0. The number of aromatic amines is 4. The van der Waals surface area contributed by atoms with Crippen molar-refractivity contribution in [1.29, 1.82) is 0 Å². The third-order valence-electron chi connectivity index (χ3n) is 11.9. The summed E-state index contributed by atoms with van der Waals surface area (Å²) in [6, 6.07) is 2.99. The summed E-state index contributed by atoms with van der Waals surface area (Å²) in [7, 11) is -13.4. The Kier molecular flexibility index (Phi) is 16.6. The van der Waals surface area contributed by atoms with Crippen molar-refractivity contribution >= 4 is 15.6 Å². The van der Waals surface area contributed by atoms with Gasteiger partial charge in [-0.3, -0.25) is 75.5 Å². The molecule has 0 radical (unpaired) electrons. The second-order valence-corrected chi connectivity index (χ2v) is 20.2. The zero-order valence-corrected chi connectivity index (χ0v) is 39.8. The summed E-state index contributed by atoms with van der Waals surface area (Å²) in [6.45, 7) is 0. The van der Waals surface area contributed by atoms with Crippen molar-refractivity contribution in [3.05, 3.63) is 132 Å². The van der Waals surface area contributed by atoms with Gasteiger partial charge in [0, 0.05) is 49.1 Å². The van der Waals surface area contributed by atoms with Gasteiger partial charge in [0.25, 0.3) is 22.2 Å². The highest BCUT2D eigenvalue weighted by Crippen LogP contribution is 2.68. The predicted octanol–water partition coefficient (Wildman–Crippen LogP) is -10.8. The van der Waals surface area contributed by atoms with Gasteiger partial charge in [-0.1, -0.05) is 0 Å². The first kappa shape index (κ1) is 57.5. The molecule has 77 heavy (non-hydrogen) atoms. The molecule has 4 aromatic heterocycles. The SMILES string of the molecule is O=c1ccn([C@@H]2O[C@H](C(O)OP(=O)(OC(O)[C@H]3O[C@@H](n4ccc(=O)[nH]c4=O)[C@H](O)[C@@H]3O)OP(=O)(OC(O)[C@H]3O[C@@H](n4ccc(=O)[nH]c4=O)[C@H](O)[C@@H]3O)OC(O)[C@H]3O[C@@H](n4ccc(=O)[nH]c4=O)[C@H](O)[C@@H]3O)[C@@H](O)[C@H]2O)c(=O)[nH]1. The van der Waals surface area contributed by atoms with E-state index in [2.05, 4.69) is 0 Å². The number of phosphoric acid groups is 2. The number of nitrogens with zero attached hydrogens (tertiary/aromatic N) is 4. The molecule has 16 N–H and O–H groups in total. The maximum Gasteiger partial charge on any atom is 0.488 e. The zero-order chi connectivity index (χ0) is 56.3. The molecule has 0 aromatic carbocycles. The molecule has 0 bridgehead atoms. The van der Waals surface area contributed by atoms with Gasteiger partial charge >= 0.3 is 38.4 Å². The van der Waals surface area contributed by atoms with Crippen LogP contribution in [0.5, 0.6) is 0 Å². The van der Waals surface area contributed by atoms with E-state index in [1.54, 1.807) is 19.9 Å². The first-order valence-electron chi connectivity index (χ1n) is 21.8. The highest BCUT2D eigenvalue weighted by Gasteiger charge is 2.58. The van der Waals surface area contributed by atoms with Crippen molar-refractivity contribution in [3.63, 3.8) is 0 Å². The van der Waals surface area contributed by atoms with Gasteiger partial charge in [0.05, 0.1) is 0 Å². The molecule has 4 unspecified atom stereocenters. The predicted molar refractivity (Wildman–Crippen MR) is 234 cm³/mol. The number of hydrogen-bond donors (Lipinski definition) is 16. The first-order chi connectivity index (χ1) is 36.1. The van der Waals surface area contributed by atoms with Crippen LogP contribution in [-0.4, -0.2) is 198 Å². The van der Waals surface area contributed by atoms with E-state index in [0.29, 0.717) is 18.3 Å². The molecule has 4 aromatic rings. The standard InChI is InChI=1S/C36H44N8O31P2/c45-9-1-5-41(33(61)37-9)25-17(53)13(49)21(67-25)29(57)71-76(65,72-30(58)22-14(50)18(54)26(68-22)42-6-2-10(46)38-34(42)62)75-77(66,73-31(59)23-15(51)19(55)27(69-23)43-7-3-11(47)39-35(43)63)74-32(60)24-16(52)20(56)28(70-24)44-8-4-12(48)40-36(44)64/h1-8,13-32,49-60H,(H,37,45,61)(H,38,46,62)(H,39,47,63)(H,40,48,64)/t13-,14-,15-,16-,17+,18+,19+,20+,21-,22-,23-,24-,25+,26+,27+,28+,29?,30?,31?,32?,76?,77?/m0/s1. The number of nitrogens with one attached hydrogen (secondary N) is 4. The normalized spacial score (nSPS) is 34.5. The van der Waals surface area contributed by atoms with Gasteiger partial charge in [0.2, 0.25) is 0 Å². The zero-order valence-electron chi connectivity index (χ0n) is 38.0. The van der Waals surface area contributed by atoms with Crippen LogP contribution in [0.15, 0.2) is 87.4 Å². The summed E-state index contributed by atoms with van der Waals surface area (Å²) < 4.78 is 78.3. The van der Waals surface area contributed by atoms with Crippen molar-refractivity contribution in [1.82, 2.24) is 38.2 Å². The largest absolute Gasteiger partial charge is 0.488 e. The van der Waals surface area contributed by atoms with Gasteiger partial charge in [-0.25, -0.2) is 28.3 Å². The quantitative estimate of drug-likeness (QED) is 0.0325. The highest BCUT2D eigenvalue weighted by atomic mass is 31.3. The molecule has 4 aliphatic rings. The molecule has 0 amide bonds. The van der Waals surface area contributed by atoms with Gasteiger partial charge in [0.15, 0.2) is 50.1 Å². The summed E-state index contributed by atoms with van der Waals surface area (Å²) in [6.07, 6.45) is -46.8. The smallest absolute Gasteiger partial charge is 0.387 e. The van der Waals surface area contributed by atoms with E-state index in [4.69, 9.17) is 41.4 Å². The Labute approximate surface area is 420 Å². The molecule has 8 heterocycles. The second-order valence-electron chi connectivity index (χ2n) is 16.9. The first-order valence-corrected chi connectivity index (χ1v) is 24.7. The molecule has 4 saturated heterocycles. The van der Waals surface area contributed by atoms with Crippen LogP contribution in [0.3, 0.4) is 0 Å². The van der Waals surface area contributed by atoms with Crippen molar-refractivity contribution in [3.8, 4) is 0 Å². The van der Waals surface area contributed by atoms with E-state index in [-0.39, 0.29) is 0 Å². The topological polar surface area (TPSA) is 579 Å². The number of phosphoric ester groups is 2. The number of ether oxygens (including phenoxy) is 4. The molecular weight excluding hydrogens is 1100 g/mol. The van der Waals surface area contributed by atoms with Crippen molar-refractivity contribution < 1.29 is 112 Å². The fourth-order valence-corrected chi connectivity index (χ4v) is 11.4. The van der Waals surface area contributed by atoms with Crippen LogP contribution in [-0.2, 0) is 50.5 Å². The monoisotopic (exact) mass is 1150 g/mol. The van der Waals surface area contributed by atoms with E-state index in [1.165, 1.54) is 0 Å². The molecule has 41 heteroatoms. The summed E-state index contributed by atoms with van der Waals surface area (Å²) in [4.78, 5) is 104. The number of aromatic nitrogens is 8. The summed E-state index contributed by atoms with van der Waals surface area (Å²) >= 11 is 0. The molecule has 20 atom stereocenters. The lowest BCUT2D eigenvalue weighted by atomic mass is 10.1. The van der Waals surface area contributed by atoms with Crippen LogP contribution in [0.2, 0.25) is 0 Å². The third kappa shape index (κ3) is 11.6. The van der Waals surface area contributed by atoms with E-state index in [0.717, 1.165) is 49.1 Å². The van der Waals surface area contributed by atoms with Crippen LogP contribution >= 0.6 is 15.6 Å². The van der Waals surface area contributed by atoms with E-state index in [1.807, 2.05) is 0 Å². The molecule has 0 saturated carbocycles. The van der Waals surface area contributed by atoms with Crippen LogP contribution in [0.1, 0.15) is 24.9 Å². The van der Waals surface area contributed by atoms with Gasteiger partial charge < -0.3 is 80.2 Å². The molecule has 4 fully saturated rings. The van der Waals surface area contributed by atoms with Crippen LogP contribution in [0, 0.1) is 0 Å². The summed E-state index contributed by atoms with van der Waals surface area (Å²) in [5, 5.41) is 133. The minimum absolute atomic E-state index is 0.467. The second kappa shape index (κ2) is 22.2. The van der Waals surface area contributed by atoms with Crippen LogP contribution in [0.4, 0.5) is 0 Å². The van der Waals surface area contributed by atoms with Crippen LogP contribution in [0.25, 0.3) is 0 Å². The van der Waals surface area contributed by atoms with Gasteiger partial charge in [-0.15, -0.1) is 0 Å². The van der Waals surface area contributed by atoms with Crippen molar-refractivity contribution in [2.75, 3.05) is 0 Å². The summed E-state index contributed by atoms with van der Waals surface area (Å²) in [5.41, 5.74) is -8.94.